The first kappa shape index (κ1) is 18.2. The molecule has 0 spiro atoms. The van der Waals surface area contributed by atoms with Crippen molar-refractivity contribution in [2.24, 2.45) is 0 Å². The number of rotatable bonds is 4. The third-order valence-electron chi connectivity index (χ3n) is 4.85. The smallest absolute Gasteiger partial charge is 0.218 e. The fourth-order valence-electron chi connectivity index (χ4n) is 3.47. The van der Waals surface area contributed by atoms with Crippen molar-refractivity contribution in [1.29, 1.82) is 0 Å². The zero-order valence-electron chi connectivity index (χ0n) is 14.8. The maximum absolute atomic E-state index is 12.7. The highest BCUT2D eigenvalue weighted by atomic mass is 35.5. The summed E-state index contributed by atoms with van der Waals surface area (Å²) in [7, 11) is -3.31. The number of aromatic nitrogens is 1. The van der Waals surface area contributed by atoms with Gasteiger partial charge in [-0.2, -0.15) is 4.31 Å². The number of sulfonamides is 1. The molecular formula is C20H20ClN3O2S. The van der Waals surface area contributed by atoms with E-state index in [1.807, 2.05) is 54.6 Å². The summed E-state index contributed by atoms with van der Waals surface area (Å²) < 4.78 is 27.1. The highest BCUT2D eigenvalue weighted by Gasteiger charge is 2.27. The number of halogens is 1. The molecule has 4 rings (SSSR count). The van der Waals surface area contributed by atoms with Gasteiger partial charge in [0.05, 0.1) is 11.3 Å². The fourth-order valence-corrected chi connectivity index (χ4v) is 5.15. The monoisotopic (exact) mass is 401 g/mol. The Kier molecular flexibility index (Phi) is 5.04. The van der Waals surface area contributed by atoms with Crippen LogP contribution in [0.3, 0.4) is 0 Å². The van der Waals surface area contributed by atoms with E-state index in [1.165, 1.54) is 0 Å². The van der Waals surface area contributed by atoms with Crippen LogP contribution in [0.2, 0.25) is 5.02 Å². The van der Waals surface area contributed by atoms with Crippen LogP contribution in [-0.4, -0.2) is 43.9 Å². The van der Waals surface area contributed by atoms with Gasteiger partial charge in [-0.1, -0.05) is 41.9 Å². The van der Waals surface area contributed by atoms with Crippen LogP contribution in [0.15, 0.2) is 60.8 Å². The lowest BCUT2D eigenvalue weighted by molar-refractivity contribution is 0.384. The molecule has 3 aromatic rings. The van der Waals surface area contributed by atoms with E-state index in [0.717, 1.165) is 22.2 Å². The number of hydrogen-bond donors (Lipinski definition) is 0. The molecule has 0 atom stereocenters. The molecule has 140 valence electrons. The minimum absolute atomic E-state index is 0.0462. The van der Waals surface area contributed by atoms with Crippen LogP contribution >= 0.6 is 11.6 Å². The Balaban J connectivity index is 1.49. The van der Waals surface area contributed by atoms with Crippen molar-refractivity contribution in [3.8, 4) is 0 Å². The van der Waals surface area contributed by atoms with Crippen molar-refractivity contribution in [3.05, 3.63) is 71.4 Å². The highest BCUT2D eigenvalue weighted by Crippen LogP contribution is 2.28. The molecule has 1 fully saturated rings. The maximum Gasteiger partial charge on any atom is 0.218 e. The van der Waals surface area contributed by atoms with Gasteiger partial charge in [0.2, 0.25) is 10.0 Å². The molecule has 2 heterocycles. The molecule has 0 saturated carbocycles. The molecule has 1 aliphatic heterocycles. The molecule has 7 heteroatoms. The number of nitrogens with zero attached hydrogens (tertiary/aromatic N) is 3. The summed E-state index contributed by atoms with van der Waals surface area (Å²) in [6.45, 7) is 2.25. The van der Waals surface area contributed by atoms with Crippen LogP contribution in [0, 0.1) is 0 Å². The largest absolute Gasteiger partial charge is 0.368 e. The highest BCUT2D eigenvalue weighted by molar-refractivity contribution is 7.88. The second kappa shape index (κ2) is 7.46. The number of piperazine rings is 1. The van der Waals surface area contributed by atoms with Crippen molar-refractivity contribution >= 4 is 38.2 Å². The summed E-state index contributed by atoms with van der Waals surface area (Å²) in [5.74, 6) is 0.0462. The average molecular weight is 402 g/mol. The molecule has 0 radical (unpaired) electrons. The molecule has 0 bridgehead atoms. The summed E-state index contributed by atoms with van der Waals surface area (Å²) in [5, 5.41) is 1.69. The first-order chi connectivity index (χ1) is 13.0. The van der Waals surface area contributed by atoms with E-state index >= 15 is 0 Å². The molecule has 2 aromatic carbocycles. The fraction of sp³-hybridized carbons (Fsp3) is 0.250. The molecule has 27 heavy (non-hydrogen) atoms. The van der Waals surface area contributed by atoms with E-state index in [4.69, 9.17) is 11.6 Å². The molecule has 5 nitrogen and oxygen atoms in total. The van der Waals surface area contributed by atoms with Crippen LogP contribution < -0.4 is 4.90 Å². The zero-order chi connectivity index (χ0) is 18.9. The third-order valence-corrected chi connectivity index (χ3v) is 6.93. The van der Waals surface area contributed by atoms with Gasteiger partial charge in [-0.3, -0.25) is 4.98 Å². The summed E-state index contributed by atoms with van der Waals surface area (Å²) in [6.07, 6.45) is 1.77. The van der Waals surface area contributed by atoms with E-state index < -0.39 is 10.0 Å². The Morgan fingerprint density at radius 3 is 2.44 bits per heavy atom. The van der Waals surface area contributed by atoms with E-state index in [1.54, 1.807) is 10.5 Å². The van der Waals surface area contributed by atoms with Gasteiger partial charge < -0.3 is 4.90 Å². The second-order valence-corrected chi connectivity index (χ2v) is 9.02. The van der Waals surface area contributed by atoms with E-state index in [9.17, 15) is 8.42 Å². The summed E-state index contributed by atoms with van der Waals surface area (Å²) in [6, 6.07) is 17.0. The third kappa shape index (κ3) is 3.93. The average Bonchev–Trinajstić information content (AvgIpc) is 2.68. The molecular weight excluding hydrogens is 382 g/mol. The normalized spacial score (nSPS) is 16.0. The molecule has 0 amide bonds. The quantitative estimate of drug-likeness (QED) is 0.671. The van der Waals surface area contributed by atoms with Gasteiger partial charge in [0, 0.05) is 48.5 Å². The van der Waals surface area contributed by atoms with Gasteiger partial charge in [-0.25, -0.2) is 8.42 Å². The van der Waals surface area contributed by atoms with Crippen LogP contribution in [0.1, 0.15) is 5.56 Å². The summed E-state index contributed by atoms with van der Waals surface area (Å²) >= 11 is 6.07. The molecule has 1 saturated heterocycles. The van der Waals surface area contributed by atoms with Gasteiger partial charge in [0.1, 0.15) is 0 Å². The number of hydrogen-bond acceptors (Lipinski definition) is 4. The van der Waals surface area contributed by atoms with Crippen molar-refractivity contribution in [1.82, 2.24) is 9.29 Å². The summed E-state index contributed by atoms with van der Waals surface area (Å²) in [4.78, 5) is 6.60. The maximum atomic E-state index is 12.7. The Labute approximate surface area is 164 Å². The Hall–Kier alpha value is -2.15. The van der Waals surface area contributed by atoms with Crippen molar-refractivity contribution in [2.45, 2.75) is 5.75 Å². The first-order valence-corrected chi connectivity index (χ1v) is 10.8. The molecule has 0 unspecified atom stereocenters. The standard InChI is InChI=1S/C20H20ClN3O2S/c21-17-6-7-18-19(14-17)22-9-8-20(18)23-10-12-24(13-11-23)27(25,26)15-16-4-2-1-3-5-16/h1-9,14H,10-13,15H2. The minimum Gasteiger partial charge on any atom is -0.368 e. The Morgan fingerprint density at radius 1 is 0.963 bits per heavy atom. The van der Waals surface area contributed by atoms with Crippen LogP contribution in [0.4, 0.5) is 5.69 Å². The van der Waals surface area contributed by atoms with E-state index in [-0.39, 0.29) is 5.75 Å². The Bertz CT molecular complexity index is 1050. The summed E-state index contributed by atoms with van der Waals surface area (Å²) in [5.41, 5.74) is 2.73. The van der Waals surface area contributed by atoms with Gasteiger partial charge >= 0.3 is 0 Å². The zero-order valence-corrected chi connectivity index (χ0v) is 16.3. The van der Waals surface area contributed by atoms with Crippen molar-refractivity contribution in [3.63, 3.8) is 0 Å². The SMILES string of the molecule is O=S(=O)(Cc1ccccc1)N1CCN(c2ccnc3cc(Cl)ccc23)CC1. The van der Waals surface area contributed by atoms with Crippen LogP contribution in [-0.2, 0) is 15.8 Å². The van der Waals surface area contributed by atoms with Crippen molar-refractivity contribution < 1.29 is 8.42 Å². The predicted molar refractivity (Wildman–Crippen MR) is 110 cm³/mol. The lowest BCUT2D eigenvalue weighted by Gasteiger charge is -2.35. The number of benzene rings is 2. The topological polar surface area (TPSA) is 53.5 Å². The lowest BCUT2D eigenvalue weighted by atomic mass is 10.1. The predicted octanol–water partition coefficient (Wildman–Crippen LogP) is 3.54. The van der Waals surface area contributed by atoms with Crippen LogP contribution in [0.5, 0.6) is 0 Å². The molecule has 1 aliphatic rings. The second-order valence-electron chi connectivity index (χ2n) is 6.62. The van der Waals surface area contributed by atoms with Gasteiger partial charge in [-0.15, -0.1) is 0 Å². The van der Waals surface area contributed by atoms with E-state index in [0.29, 0.717) is 31.2 Å². The van der Waals surface area contributed by atoms with Gasteiger partial charge in [-0.05, 0) is 29.8 Å². The minimum atomic E-state index is -3.31. The number of anilines is 1. The molecule has 0 N–H and O–H groups in total. The van der Waals surface area contributed by atoms with E-state index in [2.05, 4.69) is 9.88 Å². The number of pyridine rings is 1. The molecule has 0 aliphatic carbocycles. The Morgan fingerprint density at radius 2 is 1.70 bits per heavy atom. The van der Waals surface area contributed by atoms with Crippen molar-refractivity contribution in [2.75, 3.05) is 31.1 Å². The van der Waals surface area contributed by atoms with Gasteiger partial charge in [0.15, 0.2) is 0 Å². The lowest BCUT2D eigenvalue weighted by Crippen LogP contribution is -2.49. The van der Waals surface area contributed by atoms with Gasteiger partial charge in [0.25, 0.3) is 0 Å². The first-order valence-electron chi connectivity index (χ1n) is 8.84. The van der Waals surface area contributed by atoms with Crippen LogP contribution in [0.25, 0.3) is 10.9 Å². The molecule has 1 aromatic heterocycles. The number of fused-ring (bicyclic) bond motifs is 1.